The molecule has 3 saturated carbocycles. The Hall–Kier alpha value is -0.307. The first-order chi connectivity index (χ1) is 24.0. The normalized spacial score (nSPS) is 22.2. The largest absolute Gasteiger partial charge is 1.00 e. The van der Waals surface area contributed by atoms with Crippen molar-refractivity contribution in [3.63, 3.8) is 0 Å². The van der Waals surface area contributed by atoms with Crippen molar-refractivity contribution in [2.45, 2.75) is 171 Å². The molecule has 0 bridgehead atoms. The summed E-state index contributed by atoms with van der Waals surface area (Å²) in [5.41, 5.74) is 7.76. The molecule has 3 unspecified atom stereocenters. The van der Waals surface area contributed by atoms with Crippen molar-refractivity contribution in [1.82, 2.24) is 10.2 Å². The van der Waals surface area contributed by atoms with Gasteiger partial charge in [0.05, 0.1) is 5.54 Å². The van der Waals surface area contributed by atoms with E-state index in [1.165, 1.54) is 133 Å². The van der Waals surface area contributed by atoms with Crippen LogP contribution in [0.1, 0.15) is 160 Å². The van der Waals surface area contributed by atoms with Crippen molar-refractivity contribution in [2.24, 2.45) is 0 Å². The number of nitrogens with zero attached hydrogens (tertiary/aromatic N) is 1. The summed E-state index contributed by atoms with van der Waals surface area (Å²) in [5, 5.41) is 4.42. The molecular weight excluding hydrogens is 775 g/mol. The van der Waals surface area contributed by atoms with Gasteiger partial charge in [0.25, 0.3) is 0 Å². The van der Waals surface area contributed by atoms with Gasteiger partial charge in [0, 0.05) is 18.6 Å². The number of halogens is 2. The second kappa shape index (κ2) is 22.9. The predicted molar refractivity (Wildman–Crippen MR) is 212 cm³/mol. The molecular formula is C44H69Cl2N2OPRu. The van der Waals surface area contributed by atoms with Crippen LogP contribution in [-0.2, 0) is 22.6 Å². The second-order valence-electron chi connectivity index (χ2n) is 16.0. The summed E-state index contributed by atoms with van der Waals surface area (Å²) in [6, 6.07) is 23.0. The summed E-state index contributed by atoms with van der Waals surface area (Å²) >= 11 is 2.27. The van der Waals surface area contributed by atoms with Crippen LogP contribution in [0.4, 0.5) is 0 Å². The standard InChI is InChI=1S/C41H63N2P.C3H6O.2ClH.Ru/c1-33(35-20-9-4-10-21-35)32-41(3,34(2)36-22-11-5-12-23-36)43-31-19-30-42-40(43)44(37-24-13-6-14-25-37,38-26-15-7-16-27-38)39-28-17-8-18-29-39;1-3-4-2;;;/h4-5,9-12,20-23,33-34,37-39,42H,6-8,13-19,24-32H2,1-3H3;2H,3H2,1H3;2*1H;/q;;;;+2/p-2. The molecule has 0 aromatic heterocycles. The number of nitrogens with one attached hydrogen (secondary N) is 1. The molecule has 4 aliphatic rings. The summed E-state index contributed by atoms with van der Waals surface area (Å²) in [6.07, 6.45) is 24.7. The van der Waals surface area contributed by atoms with Gasteiger partial charge in [-0.15, -0.1) is 0 Å². The summed E-state index contributed by atoms with van der Waals surface area (Å²) in [7, 11) is 0. The summed E-state index contributed by atoms with van der Waals surface area (Å²) in [6.45, 7) is 11.4. The van der Waals surface area contributed by atoms with Gasteiger partial charge in [-0.1, -0.05) is 139 Å². The zero-order valence-electron chi connectivity index (χ0n) is 32.3. The average molecular weight is 845 g/mol. The SMILES string of the molecule is CC(CC(C)(C(C)c1ccccc1)N1CCCNC1=P(C1CCCCC1)(C1CCCCC1)C1CCCCC1)c1ccccc1.CCO[CH]=[Ru+2].[Cl-].[Cl-]. The van der Waals surface area contributed by atoms with E-state index in [4.69, 9.17) is 0 Å². The van der Waals surface area contributed by atoms with E-state index in [2.05, 4.69) is 114 Å². The molecule has 2 aromatic carbocycles. The van der Waals surface area contributed by atoms with Crippen LogP contribution in [0, 0.1) is 0 Å². The Bertz CT molecular complexity index is 1260. The molecule has 3 atom stereocenters. The van der Waals surface area contributed by atoms with Crippen molar-refractivity contribution < 1.29 is 47.4 Å². The van der Waals surface area contributed by atoms with E-state index in [-0.39, 0.29) is 30.4 Å². The van der Waals surface area contributed by atoms with Crippen LogP contribution in [-0.4, -0.2) is 57.4 Å². The van der Waals surface area contributed by atoms with Gasteiger partial charge >= 0.3 is 40.9 Å². The van der Waals surface area contributed by atoms with Gasteiger partial charge in [0.2, 0.25) is 0 Å². The Kier molecular flexibility index (Phi) is 20.3. The molecule has 0 amide bonds. The van der Waals surface area contributed by atoms with Crippen LogP contribution in [0.5, 0.6) is 0 Å². The number of benzene rings is 2. The minimum atomic E-state index is -1.47. The molecule has 0 radical (unpaired) electrons. The molecule has 1 heterocycles. The molecule has 1 aliphatic heterocycles. The Labute approximate surface area is 335 Å². The van der Waals surface area contributed by atoms with E-state index in [1.807, 2.05) is 12.5 Å². The maximum atomic E-state index is 4.68. The smallest absolute Gasteiger partial charge is 1.00 e. The molecule has 2 aromatic rings. The zero-order valence-corrected chi connectivity index (χ0v) is 36.4. The first-order valence-electron chi connectivity index (χ1n) is 20.4. The molecule has 0 spiro atoms. The summed E-state index contributed by atoms with van der Waals surface area (Å²) in [5.74, 6) is 0.970. The van der Waals surface area contributed by atoms with Gasteiger partial charge in [-0.3, -0.25) is 10.2 Å². The van der Waals surface area contributed by atoms with E-state index in [0.717, 1.165) is 23.6 Å². The maximum absolute atomic E-state index is 4.68. The number of rotatable bonds is 11. The quantitative estimate of drug-likeness (QED) is 0.240. The molecule has 1 saturated heterocycles. The minimum absolute atomic E-state index is 0. The van der Waals surface area contributed by atoms with E-state index < -0.39 is 6.89 Å². The van der Waals surface area contributed by atoms with E-state index in [1.54, 1.807) is 4.80 Å². The van der Waals surface area contributed by atoms with Crippen molar-refractivity contribution >= 4 is 17.2 Å². The first kappa shape index (κ1) is 45.1. The Morgan fingerprint density at radius 1 is 0.745 bits per heavy atom. The molecule has 51 heavy (non-hydrogen) atoms. The van der Waals surface area contributed by atoms with Gasteiger partial charge in [-0.25, -0.2) is 0 Å². The van der Waals surface area contributed by atoms with Gasteiger partial charge in [-0.05, 0) is 98.2 Å². The monoisotopic (exact) mass is 844 g/mol. The molecule has 3 nitrogen and oxygen atoms in total. The third-order valence-corrected chi connectivity index (χ3v) is 19.8. The summed E-state index contributed by atoms with van der Waals surface area (Å²) in [4.78, 5) is 4.73. The molecule has 7 heteroatoms. The van der Waals surface area contributed by atoms with Crippen molar-refractivity contribution in [3.05, 3.63) is 71.8 Å². The number of ether oxygens (including phenoxy) is 1. The Morgan fingerprint density at radius 2 is 1.20 bits per heavy atom. The molecule has 288 valence electrons. The average Bonchev–Trinajstić information content (AvgIpc) is 3.17. The van der Waals surface area contributed by atoms with Crippen LogP contribution in [0.3, 0.4) is 0 Å². The minimum Gasteiger partial charge on any atom is -1.00 e. The molecule has 4 fully saturated rings. The van der Waals surface area contributed by atoms with E-state index in [9.17, 15) is 0 Å². The van der Waals surface area contributed by atoms with Crippen molar-refractivity contribution in [2.75, 3.05) is 19.7 Å². The molecule has 6 rings (SSSR count). The van der Waals surface area contributed by atoms with Crippen LogP contribution < -0.4 is 30.1 Å². The Balaban J connectivity index is 0.000000939. The fourth-order valence-electron chi connectivity index (χ4n) is 10.6. The number of hydrogen-bond donors (Lipinski definition) is 1. The van der Waals surface area contributed by atoms with Gasteiger partial charge < -0.3 is 24.8 Å². The van der Waals surface area contributed by atoms with Gasteiger partial charge in [0.1, 0.15) is 0 Å². The Morgan fingerprint density at radius 3 is 1.61 bits per heavy atom. The second-order valence-corrected chi connectivity index (χ2v) is 20.7. The molecule has 3 aliphatic carbocycles. The van der Waals surface area contributed by atoms with Crippen LogP contribution in [0.2, 0.25) is 0 Å². The van der Waals surface area contributed by atoms with Gasteiger partial charge in [-0.2, -0.15) is 0 Å². The first-order valence-corrected chi connectivity index (χ1v) is 23.4. The van der Waals surface area contributed by atoms with Crippen LogP contribution in [0.25, 0.3) is 0 Å². The maximum Gasteiger partial charge on any atom is -1.00 e. The zero-order chi connectivity index (χ0) is 34.5. The van der Waals surface area contributed by atoms with E-state index >= 15 is 0 Å². The summed E-state index contributed by atoms with van der Waals surface area (Å²) < 4.78 is 4.68. The fraction of sp³-hybridized carbons (Fsp3) is 0.682. The van der Waals surface area contributed by atoms with Crippen LogP contribution >= 0.6 is 6.89 Å². The van der Waals surface area contributed by atoms with E-state index in [0.29, 0.717) is 11.8 Å². The topological polar surface area (TPSA) is 24.5 Å². The predicted octanol–water partition coefficient (Wildman–Crippen LogP) is 5.48. The van der Waals surface area contributed by atoms with Gasteiger partial charge in [0.15, 0.2) is 0 Å². The third kappa shape index (κ3) is 10.9. The molecule has 1 N–H and O–H groups in total. The third-order valence-electron chi connectivity index (χ3n) is 13.2. The van der Waals surface area contributed by atoms with Crippen LogP contribution in [0.15, 0.2) is 60.7 Å². The fourth-order valence-corrected chi connectivity index (χ4v) is 18.5. The van der Waals surface area contributed by atoms with Crippen molar-refractivity contribution in [3.8, 4) is 0 Å². The number of hydrogen-bond acceptors (Lipinski definition) is 1. The van der Waals surface area contributed by atoms with Crippen molar-refractivity contribution in [1.29, 1.82) is 0 Å².